The molecule has 3 nitrogen and oxygen atoms in total. The van der Waals surface area contributed by atoms with Crippen LogP contribution >= 0.6 is 0 Å². The van der Waals surface area contributed by atoms with Crippen molar-refractivity contribution in [1.29, 1.82) is 0 Å². The molecule has 0 amide bonds. The lowest BCUT2D eigenvalue weighted by molar-refractivity contribution is 0.161. The normalized spacial score (nSPS) is 34.3. The average Bonchev–Trinajstić information content (AvgIpc) is 2.57. The molecule has 0 spiro atoms. The number of hydrogen-bond donors (Lipinski definition) is 2. The van der Waals surface area contributed by atoms with Crippen molar-refractivity contribution >= 4 is 0 Å². The predicted molar refractivity (Wildman–Crippen MR) is 59.5 cm³/mol. The fraction of sp³-hybridized carbons (Fsp3) is 1.00. The summed E-state index contributed by atoms with van der Waals surface area (Å²) in [7, 11) is 0. The topological polar surface area (TPSA) is 27.3 Å². The van der Waals surface area contributed by atoms with Crippen molar-refractivity contribution in [1.82, 2.24) is 15.5 Å². The lowest BCUT2D eigenvalue weighted by Gasteiger charge is -2.32. The van der Waals surface area contributed by atoms with Crippen molar-refractivity contribution < 1.29 is 0 Å². The number of nitrogens with zero attached hydrogens (tertiary/aromatic N) is 1. The van der Waals surface area contributed by atoms with E-state index in [9.17, 15) is 0 Å². The van der Waals surface area contributed by atoms with E-state index in [0.29, 0.717) is 5.41 Å². The van der Waals surface area contributed by atoms with Gasteiger partial charge < -0.3 is 10.6 Å². The van der Waals surface area contributed by atoms with E-state index in [2.05, 4.69) is 29.4 Å². The highest BCUT2D eigenvalue weighted by Crippen LogP contribution is 2.21. The fourth-order valence-electron chi connectivity index (χ4n) is 2.60. The van der Waals surface area contributed by atoms with Crippen LogP contribution in [0.4, 0.5) is 0 Å². The third kappa shape index (κ3) is 2.47. The number of nitrogens with one attached hydrogen (secondary N) is 2. The highest BCUT2D eigenvalue weighted by Gasteiger charge is 2.29. The van der Waals surface area contributed by atoms with Gasteiger partial charge in [-0.05, 0) is 18.4 Å². The molecule has 0 aromatic heterocycles. The molecule has 2 saturated heterocycles. The molecule has 1 atom stereocenters. The maximum absolute atomic E-state index is 3.53. The van der Waals surface area contributed by atoms with Crippen LogP contribution in [-0.2, 0) is 0 Å². The van der Waals surface area contributed by atoms with Crippen LogP contribution in [0.15, 0.2) is 0 Å². The highest BCUT2D eigenvalue weighted by molar-refractivity contribution is 4.87. The van der Waals surface area contributed by atoms with E-state index in [1.54, 1.807) is 0 Å². The van der Waals surface area contributed by atoms with Gasteiger partial charge in [0.1, 0.15) is 0 Å². The zero-order chi connectivity index (χ0) is 10.0. The van der Waals surface area contributed by atoms with E-state index in [1.807, 2.05) is 0 Å². The van der Waals surface area contributed by atoms with Crippen molar-refractivity contribution in [3.05, 3.63) is 0 Å². The summed E-state index contributed by atoms with van der Waals surface area (Å²) in [5.41, 5.74) is 0.430. The van der Waals surface area contributed by atoms with E-state index in [-0.39, 0.29) is 0 Å². The number of rotatable bonds is 1. The third-order valence-corrected chi connectivity index (χ3v) is 3.36. The van der Waals surface area contributed by atoms with Crippen LogP contribution < -0.4 is 10.6 Å². The van der Waals surface area contributed by atoms with Crippen LogP contribution in [0, 0.1) is 5.41 Å². The van der Waals surface area contributed by atoms with Crippen molar-refractivity contribution in [2.75, 3.05) is 39.3 Å². The van der Waals surface area contributed by atoms with Crippen LogP contribution in [0.1, 0.15) is 20.3 Å². The first-order valence-corrected chi connectivity index (χ1v) is 5.83. The second-order valence-electron chi connectivity index (χ2n) is 5.46. The van der Waals surface area contributed by atoms with Crippen molar-refractivity contribution in [2.45, 2.75) is 26.3 Å². The predicted octanol–water partition coefficient (Wildman–Crippen LogP) is 0.280. The Morgan fingerprint density at radius 3 is 2.79 bits per heavy atom. The molecule has 3 heteroatoms. The van der Waals surface area contributed by atoms with Gasteiger partial charge in [-0.1, -0.05) is 13.8 Å². The SMILES string of the molecule is CC1(C)CNCCN(C2CCNC2)C1. The van der Waals surface area contributed by atoms with Gasteiger partial charge in [-0.15, -0.1) is 0 Å². The zero-order valence-corrected chi connectivity index (χ0v) is 9.47. The van der Waals surface area contributed by atoms with E-state index < -0.39 is 0 Å². The standard InChI is InChI=1S/C11H23N3/c1-11(2)8-13-5-6-14(9-11)10-3-4-12-7-10/h10,12-13H,3-9H2,1-2H3. The van der Waals surface area contributed by atoms with Crippen molar-refractivity contribution in [3.63, 3.8) is 0 Å². The molecule has 0 saturated carbocycles. The van der Waals surface area contributed by atoms with Gasteiger partial charge in [0.25, 0.3) is 0 Å². The maximum atomic E-state index is 3.53. The molecule has 0 aliphatic carbocycles. The Hall–Kier alpha value is -0.120. The van der Waals surface area contributed by atoms with Gasteiger partial charge in [-0.3, -0.25) is 4.90 Å². The molecule has 0 bridgehead atoms. The summed E-state index contributed by atoms with van der Waals surface area (Å²) in [4.78, 5) is 2.67. The van der Waals surface area contributed by atoms with Gasteiger partial charge in [0.05, 0.1) is 0 Å². The minimum absolute atomic E-state index is 0.430. The van der Waals surface area contributed by atoms with Crippen LogP contribution in [0.3, 0.4) is 0 Å². The van der Waals surface area contributed by atoms with Gasteiger partial charge >= 0.3 is 0 Å². The minimum Gasteiger partial charge on any atom is -0.315 e. The minimum atomic E-state index is 0.430. The molecular weight excluding hydrogens is 174 g/mol. The smallest absolute Gasteiger partial charge is 0.0233 e. The van der Waals surface area contributed by atoms with Gasteiger partial charge in [0, 0.05) is 38.8 Å². The first-order valence-electron chi connectivity index (χ1n) is 5.83. The van der Waals surface area contributed by atoms with Crippen LogP contribution in [0.2, 0.25) is 0 Å². The Morgan fingerprint density at radius 1 is 1.21 bits per heavy atom. The Kier molecular flexibility index (Phi) is 3.10. The molecular formula is C11H23N3. The summed E-state index contributed by atoms with van der Waals surface area (Å²) < 4.78 is 0. The van der Waals surface area contributed by atoms with Crippen LogP contribution in [0.5, 0.6) is 0 Å². The molecule has 2 rings (SSSR count). The largest absolute Gasteiger partial charge is 0.315 e. The lowest BCUT2D eigenvalue weighted by Crippen LogP contribution is -2.42. The van der Waals surface area contributed by atoms with Gasteiger partial charge in [0.2, 0.25) is 0 Å². The molecule has 14 heavy (non-hydrogen) atoms. The van der Waals surface area contributed by atoms with E-state index >= 15 is 0 Å². The van der Waals surface area contributed by atoms with Crippen LogP contribution in [0.25, 0.3) is 0 Å². The summed E-state index contributed by atoms with van der Waals surface area (Å²) >= 11 is 0. The third-order valence-electron chi connectivity index (χ3n) is 3.36. The second-order valence-corrected chi connectivity index (χ2v) is 5.46. The van der Waals surface area contributed by atoms with Crippen molar-refractivity contribution in [2.24, 2.45) is 5.41 Å². The molecule has 2 heterocycles. The molecule has 82 valence electrons. The summed E-state index contributed by atoms with van der Waals surface area (Å²) in [6, 6.07) is 0.786. The fourth-order valence-corrected chi connectivity index (χ4v) is 2.60. The van der Waals surface area contributed by atoms with E-state index in [1.165, 1.54) is 32.6 Å². The van der Waals surface area contributed by atoms with Crippen LogP contribution in [-0.4, -0.2) is 50.2 Å². The molecule has 1 unspecified atom stereocenters. The summed E-state index contributed by atoms with van der Waals surface area (Å²) in [6.07, 6.45) is 1.33. The Bertz CT molecular complexity index is 185. The highest BCUT2D eigenvalue weighted by atomic mass is 15.2. The number of hydrogen-bond acceptors (Lipinski definition) is 3. The molecule has 2 aliphatic heterocycles. The quantitative estimate of drug-likeness (QED) is 0.632. The molecule has 2 N–H and O–H groups in total. The zero-order valence-electron chi connectivity index (χ0n) is 9.47. The monoisotopic (exact) mass is 197 g/mol. The first kappa shape index (κ1) is 10.4. The molecule has 0 aromatic carbocycles. The van der Waals surface area contributed by atoms with Crippen molar-refractivity contribution in [3.8, 4) is 0 Å². The van der Waals surface area contributed by atoms with Gasteiger partial charge in [-0.25, -0.2) is 0 Å². The maximum Gasteiger partial charge on any atom is 0.0233 e. The molecule has 2 fully saturated rings. The summed E-state index contributed by atoms with van der Waals surface area (Å²) in [6.45, 7) is 11.9. The average molecular weight is 197 g/mol. The summed E-state index contributed by atoms with van der Waals surface area (Å²) in [5, 5.41) is 6.98. The van der Waals surface area contributed by atoms with Gasteiger partial charge in [-0.2, -0.15) is 0 Å². The lowest BCUT2D eigenvalue weighted by atomic mass is 9.92. The molecule has 2 aliphatic rings. The van der Waals surface area contributed by atoms with Gasteiger partial charge in [0.15, 0.2) is 0 Å². The Morgan fingerprint density at radius 2 is 2.07 bits per heavy atom. The first-order chi connectivity index (χ1) is 6.67. The second kappa shape index (κ2) is 4.17. The molecule has 0 radical (unpaired) electrons. The Labute approximate surface area is 87.2 Å². The van der Waals surface area contributed by atoms with E-state index in [0.717, 1.165) is 19.1 Å². The molecule has 0 aromatic rings. The Balaban J connectivity index is 1.95. The van der Waals surface area contributed by atoms with E-state index in [4.69, 9.17) is 0 Å². The summed E-state index contributed by atoms with van der Waals surface area (Å²) in [5.74, 6) is 0.